The molecule has 1 unspecified atom stereocenters. The van der Waals surface area contributed by atoms with E-state index in [-0.39, 0.29) is 11.5 Å². The Hall–Kier alpha value is -1.49. The first-order chi connectivity index (χ1) is 6.95. The average Bonchev–Trinajstić information content (AvgIpc) is 2.17. The highest BCUT2D eigenvalue weighted by atomic mass is 14.9. The van der Waals surface area contributed by atoms with Crippen LogP contribution < -0.4 is 5.32 Å². The molecule has 1 aromatic rings. The van der Waals surface area contributed by atoms with E-state index in [1.807, 2.05) is 25.1 Å². The van der Waals surface area contributed by atoms with E-state index in [1.54, 1.807) is 0 Å². The zero-order valence-corrected chi connectivity index (χ0v) is 9.83. The van der Waals surface area contributed by atoms with E-state index in [1.165, 1.54) is 5.56 Å². The molecule has 0 bridgehead atoms. The lowest BCUT2D eigenvalue weighted by molar-refractivity contribution is 0.591. The van der Waals surface area contributed by atoms with Crippen LogP contribution in [0, 0.1) is 11.3 Å². The Balaban J connectivity index is 3.03. The van der Waals surface area contributed by atoms with Gasteiger partial charge in [-0.1, -0.05) is 39.0 Å². The van der Waals surface area contributed by atoms with Crippen molar-refractivity contribution in [1.82, 2.24) is 0 Å². The van der Waals surface area contributed by atoms with Crippen LogP contribution in [0.5, 0.6) is 0 Å². The molecule has 1 aromatic carbocycles. The second-order valence-corrected chi connectivity index (χ2v) is 4.79. The molecule has 0 saturated carbocycles. The lowest BCUT2D eigenvalue weighted by Crippen LogP contribution is -2.18. The van der Waals surface area contributed by atoms with E-state index in [9.17, 15) is 0 Å². The molecular weight excluding hydrogens is 184 g/mol. The molecule has 1 atom stereocenters. The summed E-state index contributed by atoms with van der Waals surface area (Å²) in [5, 5.41) is 12.0. The molecule has 0 heterocycles. The molecule has 0 aliphatic carbocycles. The van der Waals surface area contributed by atoms with Crippen LogP contribution in [0.2, 0.25) is 0 Å². The minimum absolute atomic E-state index is 0.0960. The van der Waals surface area contributed by atoms with Gasteiger partial charge in [0, 0.05) is 5.69 Å². The van der Waals surface area contributed by atoms with Crippen LogP contribution in [0.1, 0.15) is 33.3 Å². The maximum atomic E-state index is 8.78. The number of benzene rings is 1. The average molecular weight is 202 g/mol. The van der Waals surface area contributed by atoms with Gasteiger partial charge in [0.15, 0.2) is 0 Å². The lowest BCUT2D eigenvalue weighted by Gasteiger charge is -2.24. The molecule has 0 fully saturated rings. The molecule has 0 aromatic heterocycles. The van der Waals surface area contributed by atoms with Crippen molar-refractivity contribution in [1.29, 1.82) is 5.26 Å². The monoisotopic (exact) mass is 202 g/mol. The third-order valence-electron chi connectivity index (χ3n) is 2.30. The van der Waals surface area contributed by atoms with Crippen LogP contribution in [0.15, 0.2) is 24.3 Å². The number of hydrogen-bond donors (Lipinski definition) is 1. The zero-order valence-electron chi connectivity index (χ0n) is 9.83. The van der Waals surface area contributed by atoms with Crippen molar-refractivity contribution >= 4 is 5.69 Å². The maximum Gasteiger partial charge on any atom is 0.111 e. The van der Waals surface area contributed by atoms with Gasteiger partial charge in [-0.25, -0.2) is 0 Å². The third kappa shape index (κ3) is 2.99. The van der Waals surface area contributed by atoms with Crippen molar-refractivity contribution in [3.05, 3.63) is 29.8 Å². The van der Waals surface area contributed by atoms with Gasteiger partial charge >= 0.3 is 0 Å². The standard InChI is InChI=1S/C13H18N2/c1-10(9-14)15-12-8-6-5-7-11(12)13(2,3)4/h5-8,10,15H,1-4H3. The molecule has 0 spiro atoms. The predicted molar refractivity (Wildman–Crippen MR) is 63.8 cm³/mol. The summed E-state index contributed by atoms with van der Waals surface area (Å²) < 4.78 is 0. The van der Waals surface area contributed by atoms with Crippen LogP contribution in [-0.2, 0) is 5.41 Å². The van der Waals surface area contributed by atoms with Gasteiger partial charge in [-0.05, 0) is 24.0 Å². The number of nitriles is 1. The summed E-state index contributed by atoms with van der Waals surface area (Å²) in [4.78, 5) is 0. The highest BCUT2D eigenvalue weighted by molar-refractivity contribution is 5.55. The number of nitrogens with one attached hydrogen (secondary N) is 1. The normalized spacial score (nSPS) is 13.0. The van der Waals surface area contributed by atoms with Crippen LogP contribution in [-0.4, -0.2) is 6.04 Å². The third-order valence-corrected chi connectivity index (χ3v) is 2.30. The van der Waals surface area contributed by atoms with Crippen molar-refractivity contribution in [2.45, 2.75) is 39.2 Å². The lowest BCUT2D eigenvalue weighted by atomic mass is 9.85. The van der Waals surface area contributed by atoms with Crippen LogP contribution in [0.3, 0.4) is 0 Å². The Kier molecular flexibility index (Phi) is 3.36. The number of hydrogen-bond acceptors (Lipinski definition) is 2. The second-order valence-electron chi connectivity index (χ2n) is 4.79. The molecule has 1 rings (SSSR count). The fourth-order valence-corrected chi connectivity index (χ4v) is 1.53. The van der Waals surface area contributed by atoms with Gasteiger partial charge in [0.2, 0.25) is 0 Å². The Morgan fingerprint density at radius 2 is 1.87 bits per heavy atom. The van der Waals surface area contributed by atoms with Crippen molar-refractivity contribution in [3.63, 3.8) is 0 Å². The second kappa shape index (κ2) is 4.35. The smallest absolute Gasteiger partial charge is 0.111 e. The molecule has 0 aliphatic rings. The van der Waals surface area contributed by atoms with E-state index >= 15 is 0 Å². The van der Waals surface area contributed by atoms with Crippen molar-refractivity contribution in [3.8, 4) is 6.07 Å². The van der Waals surface area contributed by atoms with Gasteiger partial charge in [0.05, 0.1) is 6.07 Å². The molecule has 0 saturated heterocycles. The summed E-state index contributed by atoms with van der Waals surface area (Å²) in [5.74, 6) is 0. The number of anilines is 1. The first kappa shape index (κ1) is 11.6. The molecule has 2 heteroatoms. The van der Waals surface area contributed by atoms with Gasteiger partial charge < -0.3 is 5.32 Å². The van der Waals surface area contributed by atoms with E-state index in [2.05, 4.69) is 38.2 Å². The molecule has 0 amide bonds. The fraction of sp³-hybridized carbons (Fsp3) is 0.462. The number of rotatable bonds is 2. The van der Waals surface area contributed by atoms with Crippen molar-refractivity contribution in [2.75, 3.05) is 5.32 Å². The highest BCUT2D eigenvalue weighted by Gasteiger charge is 2.17. The summed E-state index contributed by atoms with van der Waals surface area (Å²) >= 11 is 0. The minimum Gasteiger partial charge on any atom is -0.370 e. The Labute approximate surface area is 91.9 Å². The zero-order chi connectivity index (χ0) is 11.5. The van der Waals surface area contributed by atoms with Gasteiger partial charge in [0.25, 0.3) is 0 Å². The van der Waals surface area contributed by atoms with E-state index < -0.39 is 0 Å². The summed E-state index contributed by atoms with van der Waals surface area (Å²) in [6, 6.07) is 10.2. The molecule has 0 radical (unpaired) electrons. The molecule has 0 aliphatic heterocycles. The Bertz CT molecular complexity index is 369. The van der Waals surface area contributed by atoms with E-state index in [0.29, 0.717) is 0 Å². The molecule has 80 valence electrons. The largest absolute Gasteiger partial charge is 0.370 e. The van der Waals surface area contributed by atoms with Crippen LogP contribution in [0.25, 0.3) is 0 Å². The van der Waals surface area contributed by atoms with Gasteiger partial charge in [-0.3, -0.25) is 0 Å². The molecule has 1 N–H and O–H groups in total. The van der Waals surface area contributed by atoms with Crippen molar-refractivity contribution < 1.29 is 0 Å². The number of para-hydroxylation sites is 1. The Morgan fingerprint density at radius 3 is 2.40 bits per heavy atom. The van der Waals surface area contributed by atoms with Gasteiger partial charge in [0.1, 0.15) is 6.04 Å². The number of nitrogens with zero attached hydrogens (tertiary/aromatic N) is 1. The van der Waals surface area contributed by atoms with Crippen molar-refractivity contribution in [2.24, 2.45) is 0 Å². The predicted octanol–water partition coefficient (Wildman–Crippen LogP) is 3.31. The Morgan fingerprint density at radius 1 is 1.27 bits per heavy atom. The highest BCUT2D eigenvalue weighted by Crippen LogP contribution is 2.29. The van der Waals surface area contributed by atoms with E-state index in [4.69, 9.17) is 5.26 Å². The van der Waals surface area contributed by atoms with E-state index in [0.717, 1.165) is 5.69 Å². The molecular formula is C13H18N2. The van der Waals surface area contributed by atoms with Gasteiger partial charge in [-0.15, -0.1) is 0 Å². The SMILES string of the molecule is CC(C#N)Nc1ccccc1C(C)(C)C. The first-order valence-corrected chi connectivity index (χ1v) is 5.21. The van der Waals surface area contributed by atoms with Gasteiger partial charge in [-0.2, -0.15) is 5.26 Å². The summed E-state index contributed by atoms with van der Waals surface area (Å²) in [5.41, 5.74) is 2.39. The topological polar surface area (TPSA) is 35.8 Å². The summed E-state index contributed by atoms with van der Waals surface area (Å²) in [6.07, 6.45) is 0. The maximum absolute atomic E-state index is 8.78. The minimum atomic E-state index is -0.159. The van der Waals surface area contributed by atoms with Crippen LogP contribution in [0.4, 0.5) is 5.69 Å². The van der Waals surface area contributed by atoms with Crippen LogP contribution >= 0.6 is 0 Å². The summed E-state index contributed by atoms with van der Waals surface area (Å²) in [6.45, 7) is 8.37. The molecule has 15 heavy (non-hydrogen) atoms. The molecule has 2 nitrogen and oxygen atoms in total. The first-order valence-electron chi connectivity index (χ1n) is 5.21. The fourth-order valence-electron chi connectivity index (χ4n) is 1.53. The summed E-state index contributed by atoms with van der Waals surface area (Å²) in [7, 11) is 0. The quantitative estimate of drug-likeness (QED) is 0.798.